The third kappa shape index (κ3) is 8.63. The molecule has 4 rings (SSSR count). The molecule has 2 N–H and O–H groups in total. The Morgan fingerprint density at radius 1 is 0.756 bits per heavy atom. The van der Waals surface area contributed by atoms with E-state index in [0.717, 1.165) is 11.1 Å². The van der Waals surface area contributed by atoms with Gasteiger partial charge in [-0.2, -0.15) is 0 Å². The zero-order valence-electron chi connectivity index (χ0n) is 25.7. The van der Waals surface area contributed by atoms with Gasteiger partial charge in [-0.05, 0) is 72.0 Å². The van der Waals surface area contributed by atoms with Crippen LogP contribution in [0.4, 0.5) is 0 Å². The smallest absolute Gasteiger partial charge is 0.305 e. The van der Waals surface area contributed by atoms with Crippen LogP contribution in [-0.2, 0) is 17.8 Å². The van der Waals surface area contributed by atoms with Crippen molar-refractivity contribution in [2.24, 2.45) is 0 Å². The average Bonchev–Trinajstić information content (AvgIpc) is 3.07. The summed E-state index contributed by atoms with van der Waals surface area (Å²) < 4.78 is 16.4. The molecule has 0 unspecified atom stereocenters. The summed E-state index contributed by atoms with van der Waals surface area (Å²) in [4.78, 5) is 40.5. The SMILES string of the molecule is CCOc1ccc(CCN(CCC(=O)O)C(=O)c2ccccc2-c2ccccc2C(=O)NCc2cccc(OC)c2)cc1OC. The average molecular weight is 611 g/mol. The van der Waals surface area contributed by atoms with E-state index in [9.17, 15) is 19.5 Å². The number of aliphatic carboxylic acids is 1. The van der Waals surface area contributed by atoms with Crippen molar-refractivity contribution < 1.29 is 33.7 Å². The molecule has 4 aromatic rings. The Morgan fingerprint density at radius 2 is 1.47 bits per heavy atom. The molecule has 4 aromatic carbocycles. The molecule has 0 aliphatic rings. The highest BCUT2D eigenvalue weighted by molar-refractivity contribution is 6.06. The Kier molecular flexibility index (Phi) is 11.6. The molecule has 0 radical (unpaired) electrons. The Balaban J connectivity index is 1.59. The number of carboxylic acids is 1. The second kappa shape index (κ2) is 16.0. The van der Waals surface area contributed by atoms with Gasteiger partial charge in [-0.15, -0.1) is 0 Å². The minimum Gasteiger partial charge on any atom is -0.497 e. The molecule has 0 fully saturated rings. The molecule has 0 saturated carbocycles. The molecular formula is C36H38N2O7. The van der Waals surface area contributed by atoms with E-state index in [1.54, 1.807) is 55.5 Å². The van der Waals surface area contributed by atoms with Crippen molar-refractivity contribution >= 4 is 17.8 Å². The number of hydrogen-bond donors (Lipinski definition) is 2. The van der Waals surface area contributed by atoms with E-state index < -0.39 is 5.97 Å². The quantitative estimate of drug-likeness (QED) is 0.173. The van der Waals surface area contributed by atoms with E-state index >= 15 is 0 Å². The van der Waals surface area contributed by atoms with Gasteiger partial charge in [0.15, 0.2) is 11.5 Å². The Morgan fingerprint density at radius 3 is 2.16 bits per heavy atom. The van der Waals surface area contributed by atoms with Crippen molar-refractivity contribution in [2.75, 3.05) is 33.9 Å². The number of ether oxygens (including phenoxy) is 3. The summed E-state index contributed by atoms with van der Waals surface area (Å²) >= 11 is 0. The van der Waals surface area contributed by atoms with Crippen LogP contribution < -0.4 is 19.5 Å². The van der Waals surface area contributed by atoms with Gasteiger partial charge < -0.3 is 29.5 Å². The molecule has 2 amide bonds. The van der Waals surface area contributed by atoms with Crippen LogP contribution in [0.5, 0.6) is 17.2 Å². The number of nitrogens with one attached hydrogen (secondary N) is 1. The number of hydrogen-bond acceptors (Lipinski definition) is 6. The van der Waals surface area contributed by atoms with Crippen molar-refractivity contribution in [3.63, 3.8) is 0 Å². The largest absolute Gasteiger partial charge is 0.497 e. The number of rotatable bonds is 15. The number of carboxylic acid groups (broad SMARTS) is 1. The van der Waals surface area contributed by atoms with E-state index in [1.165, 1.54) is 0 Å². The third-order valence-corrected chi connectivity index (χ3v) is 7.29. The van der Waals surface area contributed by atoms with Crippen LogP contribution >= 0.6 is 0 Å². The molecule has 9 nitrogen and oxygen atoms in total. The van der Waals surface area contributed by atoms with Crippen LogP contribution in [0.1, 0.15) is 45.2 Å². The first-order chi connectivity index (χ1) is 21.8. The highest BCUT2D eigenvalue weighted by Crippen LogP contribution is 2.30. The first-order valence-corrected chi connectivity index (χ1v) is 14.7. The molecule has 0 atom stereocenters. The predicted octanol–water partition coefficient (Wildman–Crippen LogP) is 5.86. The second-order valence-electron chi connectivity index (χ2n) is 10.2. The molecule has 9 heteroatoms. The van der Waals surface area contributed by atoms with Gasteiger partial charge in [-0.1, -0.05) is 54.6 Å². The van der Waals surface area contributed by atoms with Gasteiger partial charge >= 0.3 is 5.97 Å². The summed E-state index contributed by atoms with van der Waals surface area (Å²) in [7, 11) is 3.16. The minimum atomic E-state index is -0.998. The fourth-order valence-electron chi connectivity index (χ4n) is 5.00. The first-order valence-electron chi connectivity index (χ1n) is 14.7. The van der Waals surface area contributed by atoms with Gasteiger partial charge in [0, 0.05) is 30.8 Å². The predicted molar refractivity (Wildman–Crippen MR) is 172 cm³/mol. The highest BCUT2D eigenvalue weighted by atomic mass is 16.5. The molecule has 0 saturated heterocycles. The zero-order chi connectivity index (χ0) is 32.2. The highest BCUT2D eigenvalue weighted by Gasteiger charge is 2.23. The summed E-state index contributed by atoms with van der Waals surface area (Å²) in [6, 6.07) is 27.2. The van der Waals surface area contributed by atoms with Crippen LogP contribution in [-0.4, -0.2) is 61.7 Å². The molecular weight excluding hydrogens is 572 g/mol. The standard InChI is InChI=1S/C36H38N2O7/c1-4-45-32-17-16-25(23-33(32)44-3)18-20-38(21-19-34(39)40)36(42)31-15-8-6-13-29(31)28-12-5-7-14-30(28)35(41)37-24-26-10-9-11-27(22-26)43-2/h5-17,22-23H,4,18-21,24H2,1-3H3,(H,37,41)(H,39,40). The maximum Gasteiger partial charge on any atom is 0.305 e. The van der Waals surface area contributed by atoms with Crippen molar-refractivity contribution in [2.45, 2.75) is 26.3 Å². The van der Waals surface area contributed by atoms with Crippen molar-refractivity contribution in [1.29, 1.82) is 0 Å². The maximum atomic E-state index is 14.1. The van der Waals surface area contributed by atoms with E-state index in [4.69, 9.17) is 14.2 Å². The summed E-state index contributed by atoms with van der Waals surface area (Å²) in [6.45, 7) is 2.99. The lowest BCUT2D eigenvalue weighted by Gasteiger charge is -2.24. The third-order valence-electron chi connectivity index (χ3n) is 7.29. The van der Waals surface area contributed by atoms with Crippen molar-refractivity contribution in [3.05, 3.63) is 113 Å². The van der Waals surface area contributed by atoms with Crippen molar-refractivity contribution in [3.8, 4) is 28.4 Å². The summed E-state index contributed by atoms with van der Waals surface area (Å²) in [5.41, 5.74) is 3.76. The second-order valence-corrected chi connectivity index (χ2v) is 10.2. The molecule has 0 aliphatic carbocycles. The molecule has 0 aromatic heterocycles. The van der Waals surface area contributed by atoms with Gasteiger partial charge in [0.25, 0.3) is 11.8 Å². The number of methoxy groups -OCH3 is 2. The monoisotopic (exact) mass is 610 g/mol. The number of amides is 2. The fraction of sp³-hybridized carbons (Fsp3) is 0.250. The zero-order valence-corrected chi connectivity index (χ0v) is 25.7. The lowest BCUT2D eigenvalue weighted by molar-refractivity contribution is -0.137. The van der Waals surface area contributed by atoms with E-state index in [0.29, 0.717) is 59.1 Å². The van der Waals surface area contributed by atoms with Gasteiger partial charge in [0.1, 0.15) is 5.75 Å². The van der Waals surface area contributed by atoms with Crippen LogP contribution in [0.25, 0.3) is 11.1 Å². The molecule has 0 heterocycles. The van der Waals surface area contributed by atoms with E-state index in [1.807, 2.05) is 61.5 Å². The number of carbonyl (C=O) groups excluding carboxylic acids is 2. The van der Waals surface area contributed by atoms with Crippen LogP contribution in [0.15, 0.2) is 91.0 Å². The maximum absolute atomic E-state index is 14.1. The normalized spacial score (nSPS) is 10.6. The van der Waals surface area contributed by atoms with E-state index in [2.05, 4.69) is 5.32 Å². The van der Waals surface area contributed by atoms with Gasteiger partial charge in [0.2, 0.25) is 0 Å². The molecule has 0 aliphatic heterocycles. The fourth-order valence-corrected chi connectivity index (χ4v) is 5.00. The number of benzene rings is 4. The Bertz CT molecular complexity index is 1640. The Hall–Kier alpha value is -5.31. The lowest BCUT2D eigenvalue weighted by atomic mass is 9.94. The molecule has 234 valence electrons. The number of carbonyl (C=O) groups is 3. The molecule has 0 bridgehead atoms. The summed E-state index contributed by atoms with van der Waals surface area (Å²) in [5, 5.41) is 12.4. The topological polar surface area (TPSA) is 114 Å². The number of nitrogens with zero attached hydrogens (tertiary/aromatic N) is 1. The summed E-state index contributed by atoms with van der Waals surface area (Å²) in [5.74, 6) is 0.303. The van der Waals surface area contributed by atoms with Gasteiger partial charge in [0.05, 0.1) is 27.2 Å². The Labute approximate surface area is 263 Å². The molecule has 45 heavy (non-hydrogen) atoms. The van der Waals surface area contributed by atoms with Gasteiger partial charge in [-0.25, -0.2) is 0 Å². The van der Waals surface area contributed by atoms with Crippen LogP contribution in [0.3, 0.4) is 0 Å². The van der Waals surface area contributed by atoms with Crippen LogP contribution in [0, 0.1) is 0 Å². The van der Waals surface area contributed by atoms with Crippen molar-refractivity contribution in [1.82, 2.24) is 10.2 Å². The minimum absolute atomic E-state index is 0.0271. The molecule has 0 spiro atoms. The van der Waals surface area contributed by atoms with Gasteiger partial charge in [-0.3, -0.25) is 14.4 Å². The van der Waals surface area contributed by atoms with Crippen LogP contribution in [0.2, 0.25) is 0 Å². The first kappa shape index (κ1) is 32.6. The summed E-state index contributed by atoms with van der Waals surface area (Å²) in [6.07, 6.45) is 0.267. The van der Waals surface area contributed by atoms with E-state index in [-0.39, 0.29) is 31.3 Å². The lowest BCUT2D eigenvalue weighted by Crippen LogP contribution is -2.35.